The second-order valence-corrected chi connectivity index (χ2v) is 6.47. The summed E-state index contributed by atoms with van der Waals surface area (Å²) in [5.41, 5.74) is 8.00. The zero-order chi connectivity index (χ0) is 21.6. The highest BCUT2D eigenvalue weighted by molar-refractivity contribution is 5.82. The number of rotatable bonds is 9. The average Bonchev–Trinajstić information content (AvgIpc) is 2.70. The molecule has 7 nitrogen and oxygen atoms in total. The Labute approximate surface area is 171 Å². The van der Waals surface area contributed by atoms with E-state index in [1.54, 1.807) is 14.2 Å². The van der Waals surface area contributed by atoms with Gasteiger partial charge in [0.1, 0.15) is 6.04 Å². The molecule has 0 aliphatic heterocycles. The molecule has 2 atom stereocenters. The number of benzene rings is 2. The van der Waals surface area contributed by atoms with Crippen LogP contribution in [-0.2, 0) is 31.9 Å². The third kappa shape index (κ3) is 9.84. The maximum Gasteiger partial charge on any atom is 0.326 e. The first-order valence-electron chi connectivity index (χ1n) is 9.26. The molecule has 0 aliphatic rings. The van der Waals surface area contributed by atoms with Gasteiger partial charge in [-0.2, -0.15) is 0 Å². The molecule has 4 N–H and O–H groups in total. The molecule has 2 aromatic rings. The molecule has 29 heavy (non-hydrogen) atoms. The highest BCUT2D eigenvalue weighted by Crippen LogP contribution is 2.06. The molecule has 2 aromatic carbocycles. The molecule has 0 unspecified atom stereocenters. The lowest BCUT2D eigenvalue weighted by Crippen LogP contribution is -2.41. The van der Waals surface area contributed by atoms with Gasteiger partial charge in [0, 0.05) is 27.6 Å². The third-order valence-corrected chi connectivity index (χ3v) is 4.09. The highest BCUT2D eigenvalue weighted by atomic mass is 16.7. The van der Waals surface area contributed by atoms with Crippen molar-refractivity contribution >= 4 is 11.9 Å². The molecule has 0 radical (unpaired) electrons. The molecule has 158 valence electrons. The van der Waals surface area contributed by atoms with E-state index in [4.69, 9.17) is 20.3 Å². The van der Waals surface area contributed by atoms with Gasteiger partial charge in [-0.25, -0.2) is 4.79 Å². The fraction of sp³-hybridized carbons (Fsp3) is 0.364. The Morgan fingerprint density at radius 2 is 1.38 bits per heavy atom. The van der Waals surface area contributed by atoms with Crippen molar-refractivity contribution in [3.8, 4) is 0 Å². The number of nitrogens with two attached hydrogens (primary N) is 1. The molecule has 0 saturated carbocycles. The van der Waals surface area contributed by atoms with Crippen LogP contribution in [0.4, 0.5) is 0 Å². The van der Waals surface area contributed by atoms with E-state index in [0.29, 0.717) is 6.42 Å². The van der Waals surface area contributed by atoms with Gasteiger partial charge in [0.15, 0.2) is 6.29 Å². The van der Waals surface area contributed by atoms with Crippen molar-refractivity contribution in [3.63, 3.8) is 0 Å². The van der Waals surface area contributed by atoms with Crippen LogP contribution in [-0.4, -0.2) is 49.6 Å². The van der Waals surface area contributed by atoms with E-state index in [2.05, 4.69) is 5.32 Å². The van der Waals surface area contributed by atoms with Crippen molar-refractivity contribution in [2.75, 3.05) is 14.2 Å². The maximum atomic E-state index is 10.8. The first-order chi connectivity index (χ1) is 13.9. The van der Waals surface area contributed by atoms with Crippen molar-refractivity contribution in [1.29, 1.82) is 0 Å². The van der Waals surface area contributed by atoms with Crippen LogP contribution >= 0.6 is 0 Å². The molecular weight excluding hydrogens is 372 g/mol. The highest BCUT2D eigenvalue weighted by Gasteiger charge is 2.18. The number of hydrogen-bond acceptors (Lipinski definition) is 5. The number of carboxylic acids is 1. The minimum absolute atomic E-state index is 0.132. The summed E-state index contributed by atoms with van der Waals surface area (Å²) >= 11 is 0. The molecule has 0 saturated heterocycles. The second kappa shape index (κ2) is 13.4. The third-order valence-electron chi connectivity index (χ3n) is 4.09. The summed E-state index contributed by atoms with van der Waals surface area (Å²) in [6.07, 6.45) is 0.721. The molecule has 1 amide bonds. The fourth-order valence-corrected chi connectivity index (χ4v) is 2.72. The van der Waals surface area contributed by atoms with E-state index in [1.165, 1.54) is 12.5 Å². The van der Waals surface area contributed by atoms with Crippen molar-refractivity contribution in [2.24, 2.45) is 5.73 Å². The van der Waals surface area contributed by atoms with Crippen molar-refractivity contribution < 1.29 is 24.2 Å². The monoisotopic (exact) mass is 402 g/mol. The summed E-state index contributed by atoms with van der Waals surface area (Å²) in [6, 6.07) is 18.3. The Bertz CT molecular complexity index is 720. The summed E-state index contributed by atoms with van der Waals surface area (Å²) < 4.78 is 10.2. The van der Waals surface area contributed by atoms with Crippen LogP contribution in [0.1, 0.15) is 18.1 Å². The van der Waals surface area contributed by atoms with Crippen LogP contribution in [0.3, 0.4) is 0 Å². The van der Waals surface area contributed by atoms with E-state index in [0.717, 1.165) is 12.0 Å². The van der Waals surface area contributed by atoms with E-state index in [1.807, 2.05) is 60.7 Å². The number of ether oxygens (including phenoxy) is 2. The summed E-state index contributed by atoms with van der Waals surface area (Å²) in [4.78, 5) is 21.6. The quantitative estimate of drug-likeness (QED) is 0.553. The number of amides is 1. The number of carbonyl (C=O) groups excluding carboxylic acids is 1. The summed E-state index contributed by atoms with van der Waals surface area (Å²) in [6.45, 7) is 1.31. The Morgan fingerprint density at radius 3 is 1.76 bits per heavy atom. The molecule has 0 spiro atoms. The van der Waals surface area contributed by atoms with Crippen molar-refractivity contribution in [1.82, 2.24) is 5.32 Å². The molecule has 0 fully saturated rings. The first kappa shape index (κ1) is 24.3. The zero-order valence-corrected chi connectivity index (χ0v) is 17.1. The predicted octanol–water partition coefficient (Wildman–Crippen LogP) is 1.99. The van der Waals surface area contributed by atoms with Gasteiger partial charge in [-0.05, 0) is 17.5 Å². The number of aliphatic carboxylic acids is 1. The molecule has 7 heteroatoms. The van der Waals surface area contributed by atoms with Gasteiger partial charge in [0.2, 0.25) is 5.91 Å². The van der Waals surface area contributed by atoms with E-state index in [-0.39, 0.29) is 18.2 Å². The first-order valence-corrected chi connectivity index (χ1v) is 9.26. The Kier molecular flexibility index (Phi) is 11.3. The SMILES string of the molecule is CC(=O)N[C@H](Cc1ccccc1)C(=O)O.COC(OC)[C@@H](N)Cc1ccccc1. The summed E-state index contributed by atoms with van der Waals surface area (Å²) in [7, 11) is 3.19. The number of carboxylic acid groups (broad SMARTS) is 1. The van der Waals surface area contributed by atoms with Gasteiger partial charge < -0.3 is 25.6 Å². The van der Waals surface area contributed by atoms with Crippen LogP contribution in [0.15, 0.2) is 60.7 Å². The van der Waals surface area contributed by atoms with Crippen LogP contribution in [0.2, 0.25) is 0 Å². The zero-order valence-electron chi connectivity index (χ0n) is 17.1. The molecule has 0 heterocycles. The molecule has 0 bridgehead atoms. The lowest BCUT2D eigenvalue weighted by Gasteiger charge is -2.20. The predicted molar refractivity (Wildman–Crippen MR) is 111 cm³/mol. The minimum Gasteiger partial charge on any atom is -0.480 e. The lowest BCUT2D eigenvalue weighted by molar-refractivity contribution is -0.141. The Hall–Kier alpha value is -2.74. The second-order valence-electron chi connectivity index (χ2n) is 6.47. The van der Waals surface area contributed by atoms with Crippen LogP contribution < -0.4 is 11.1 Å². The smallest absolute Gasteiger partial charge is 0.326 e. The number of methoxy groups -OCH3 is 2. The maximum absolute atomic E-state index is 10.8. The molecule has 2 rings (SSSR count). The van der Waals surface area contributed by atoms with E-state index >= 15 is 0 Å². The van der Waals surface area contributed by atoms with Gasteiger partial charge in [-0.3, -0.25) is 4.79 Å². The Balaban J connectivity index is 0.000000291. The number of carbonyl (C=O) groups is 2. The summed E-state index contributed by atoms with van der Waals surface area (Å²) in [5.74, 6) is -1.35. The molecule has 0 aliphatic carbocycles. The van der Waals surface area contributed by atoms with Gasteiger partial charge in [0.25, 0.3) is 0 Å². The van der Waals surface area contributed by atoms with Crippen LogP contribution in [0.25, 0.3) is 0 Å². The van der Waals surface area contributed by atoms with E-state index < -0.39 is 12.0 Å². The van der Waals surface area contributed by atoms with Crippen molar-refractivity contribution in [2.45, 2.75) is 38.1 Å². The standard InChI is InChI=1S/C11H13NO3.C11H17NO2/c1-8(13)12-10(11(14)15)7-9-5-3-2-4-6-9;1-13-11(14-2)10(12)8-9-6-4-3-5-7-9/h2-6,10H,7H2,1H3,(H,12,13)(H,14,15);3-7,10-11H,8,12H2,1-2H3/t2*10-/m10/s1. The molecule has 0 aromatic heterocycles. The normalized spacial score (nSPS) is 12.4. The fourth-order valence-electron chi connectivity index (χ4n) is 2.72. The number of nitrogens with one attached hydrogen (secondary N) is 1. The lowest BCUT2D eigenvalue weighted by atomic mass is 10.1. The van der Waals surface area contributed by atoms with Gasteiger partial charge in [0.05, 0.1) is 6.04 Å². The van der Waals surface area contributed by atoms with Crippen LogP contribution in [0.5, 0.6) is 0 Å². The topological polar surface area (TPSA) is 111 Å². The van der Waals surface area contributed by atoms with Gasteiger partial charge in [-0.15, -0.1) is 0 Å². The summed E-state index contributed by atoms with van der Waals surface area (Å²) in [5, 5.41) is 11.3. The molecular formula is C22H30N2O5. The Morgan fingerprint density at radius 1 is 0.931 bits per heavy atom. The van der Waals surface area contributed by atoms with Gasteiger partial charge >= 0.3 is 5.97 Å². The van der Waals surface area contributed by atoms with Crippen LogP contribution in [0, 0.1) is 0 Å². The van der Waals surface area contributed by atoms with Gasteiger partial charge in [-0.1, -0.05) is 60.7 Å². The number of hydrogen-bond donors (Lipinski definition) is 3. The minimum atomic E-state index is -1.02. The average molecular weight is 402 g/mol. The van der Waals surface area contributed by atoms with E-state index in [9.17, 15) is 9.59 Å². The largest absolute Gasteiger partial charge is 0.480 e. The van der Waals surface area contributed by atoms with Crippen molar-refractivity contribution in [3.05, 3.63) is 71.8 Å².